The van der Waals surface area contributed by atoms with Gasteiger partial charge in [-0.15, -0.1) is 11.3 Å². The van der Waals surface area contributed by atoms with Gasteiger partial charge in [0.15, 0.2) is 0 Å². The molecule has 2 amide bonds. The van der Waals surface area contributed by atoms with Crippen molar-refractivity contribution in [2.24, 2.45) is 11.1 Å². The van der Waals surface area contributed by atoms with Crippen molar-refractivity contribution < 1.29 is 9.59 Å². The Morgan fingerprint density at radius 2 is 2.16 bits per heavy atom. The van der Waals surface area contributed by atoms with E-state index in [4.69, 9.17) is 5.73 Å². The third-order valence-electron chi connectivity index (χ3n) is 2.68. The van der Waals surface area contributed by atoms with Gasteiger partial charge in [-0.25, -0.2) is 4.98 Å². The number of nitrogens with one attached hydrogen (secondary N) is 2. The minimum atomic E-state index is -0.662. The van der Waals surface area contributed by atoms with Crippen molar-refractivity contribution in [3.05, 3.63) is 16.1 Å². The second-order valence-electron chi connectivity index (χ2n) is 5.01. The number of nitrogens with zero attached hydrogens (tertiary/aromatic N) is 1. The van der Waals surface area contributed by atoms with E-state index in [1.54, 1.807) is 26.3 Å². The zero-order chi connectivity index (χ0) is 14.6. The van der Waals surface area contributed by atoms with E-state index < -0.39 is 5.41 Å². The molecule has 1 aromatic rings. The van der Waals surface area contributed by atoms with E-state index >= 15 is 0 Å². The Morgan fingerprint density at radius 1 is 1.53 bits per heavy atom. The second-order valence-corrected chi connectivity index (χ2v) is 5.90. The molecule has 0 aliphatic heterocycles. The number of aromatic nitrogens is 1. The Balaban J connectivity index is 2.62. The van der Waals surface area contributed by atoms with Crippen molar-refractivity contribution >= 4 is 23.2 Å². The van der Waals surface area contributed by atoms with E-state index in [9.17, 15) is 9.59 Å². The molecule has 7 heteroatoms. The molecule has 0 aliphatic carbocycles. The van der Waals surface area contributed by atoms with Crippen LogP contribution in [0.1, 0.15) is 42.3 Å². The molecule has 0 fully saturated rings. The monoisotopic (exact) mass is 284 g/mol. The molecule has 19 heavy (non-hydrogen) atoms. The first-order valence-corrected chi connectivity index (χ1v) is 6.87. The third kappa shape index (κ3) is 4.00. The number of nitrogens with two attached hydrogens (primary N) is 1. The molecule has 1 aromatic heterocycles. The molecule has 0 aromatic carbocycles. The number of amides is 2. The molecule has 4 N–H and O–H groups in total. The van der Waals surface area contributed by atoms with Crippen molar-refractivity contribution in [2.45, 2.75) is 26.8 Å². The predicted octanol–water partition coefficient (Wildman–Crippen LogP) is 0.665. The Labute approximate surface area is 116 Å². The maximum atomic E-state index is 11.9. The molecular formula is C12H20N4O2S. The van der Waals surface area contributed by atoms with E-state index in [0.29, 0.717) is 5.69 Å². The van der Waals surface area contributed by atoms with Crippen LogP contribution in [0.25, 0.3) is 0 Å². The summed E-state index contributed by atoms with van der Waals surface area (Å²) in [6, 6.07) is -0.186. The lowest BCUT2D eigenvalue weighted by molar-refractivity contribution is -0.128. The highest BCUT2D eigenvalue weighted by atomic mass is 32.1. The number of hydrogen-bond donors (Lipinski definition) is 3. The fourth-order valence-corrected chi connectivity index (χ4v) is 2.17. The Hall–Kier alpha value is -1.47. The maximum Gasteiger partial charge on any atom is 0.270 e. The summed E-state index contributed by atoms with van der Waals surface area (Å²) in [5.41, 5.74) is 5.37. The number of hydrogen-bond acceptors (Lipinski definition) is 5. The third-order valence-corrected chi connectivity index (χ3v) is 3.72. The molecule has 0 radical (unpaired) electrons. The zero-order valence-corrected chi connectivity index (χ0v) is 12.4. The second kappa shape index (κ2) is 6.12. The summed E-state index contributed by atoms with van der Waals surface area (Å²) in [7, 11) is 1.57. The van der Waals surface area contributed by atoms with Crippen molar-refractivity contribution in [1.82, 2.24) is 15.6 Å². The molecule has 0 saturated carbocycles. The van der Waals surface area contributed by atoms with Crippen LogP contribution in [0, 0.1) is 5.41 Å². The molecule has 0 saturated heterocycles. The van der Waals surface area contributed by atoms with Crippen LogP contribution in [0.5, 0.6) is 0 Å². The van der Waals surface area contributed by atoms with Gasteiger partial charge >= 0.3 is 0 Å². The normalized spacial score (nSPS) is 12.9. The first-order chi connectivity index (χ1) is 8.77. The van der Waals surface area contributed by atoms with Crippen LogP contribution < -0.4 is 16.4 Å². The van der Waals surface area contributed by atoms with Crippen LogP contribution in [0.15, 0.2) is 5.38 Å². The molecule has 0 spiro atoms. The van der Waals surface area contributed by atoms with Gasteiger partial charge in [0, 0.05) is 19.0 Å². The van der Waals surface area contributed by atoms with Gasteiger partial charge in [-0.2, -0.15) is 0 Å². The average Bonchev–Trinajstić information content (AvgIpc) is 2.84. The summed E-state index contributed by atoms with van der Waals surface area (Å²) in [6.07, 6.45) is 0. The Bertz CT molecular complexity index is 468. The summed E-state index contributed by atoms with van der Waals surface area (Å²) in [4.78, 5) is 27.6. The molecule has 0 bridgehead atoms. The van der Waals surface area contributed by atoms with E-state index in [-0.39, 0.29) is 24.4 Å². The first kappa shape index (κ1) is 15.6. The number of thiazole rings is 1. The summed E-state index contributed by atoms with van der Waals surface area (Å²) in [5.74, 6) is -0.414. The molecule has 1 heterocycles. The minimum absolute atomic E-state index is 0.123. The SMILES string of the molecule is CNC(=O)C(C)(C)CNC(=O)c1csc(C(C)N)n1. The van der Waals surface area contributed by atoms with Gasteiger partial charge in [0.1, 0.15) is 10.7 Å². The van der Waals surface area contributed by atoms with Gasteiger partial charge in [0.2, 0.25) is 5.91 Å². The predicted molar refractivity (Wildman–Crippen MR) is 74.9 cm³/mol. The van der Waals surface area contributed by atoms with Crippen LogP contribution in [0.4, 0.5) is 0 Å². The van der Waals surface area contributed by atoms with E-state index in [1.807, 2.05) is 6.92 Å². The van der Waals surface area contributed by atoms with Crippen molar-refractivity contribution in [2.75, 3.05) is 13.6 Å². The van der Waals surface area contributed by atoms with Crippen LogP contribution in [0.3, 0.4) is 0 Å². The number of carbonyl (C=O) groups excluding carboxylic acids is 2. The van der Waals surface area contributed by atoms with Gasteiger partial charge in [-0.1, -0.05) is 0 Å². The zero-order valence-electron chi connectivity index (χ0n) is 11.6. The lowest BCUT2D eigenvalue weighted by Crippen LogP contribution is -2.43. The van der Waals surface area contributed by atoms with Crippen molar-refractivity contribution in [3.63, 3.8) is 0 Å². The van der Waals surface area contributed by atoms with E-state index in [2.05, 4.69) is 15.6 Å². The molecule has 0 aliphatic rings. The topological polar surface area (TPSA) is 97.1 Å². The smallest absolute Gasteiger partial charge is 0.270 e. The molecular weight excluding hydrogens is 264 g/mol. The van der Waals surface area contributed by atoms with Gasteiger partial charge in [-0.3, -0.25) is 9.59 Å². The summed E-state index contributed by atoms with van der Waals surface area (Å²) < 4.78 is 0. The van der Waals surface area contributed by atoms with E-state index in [0.717, 1.165) is 5.01 Å². The first-order valence-electron chi connectivity index (χ1n) is 5.99. The maximum absolute atomic E-state index is 11.9. The average molecular weight is 284 g/mol. The van der Waals surface area contributed by atoms with Crippen molar-refractivity contribution in [3.8, 4) is 0 Å². The lowest BCUT2D eigenvalue weighted by atomic mass is 9.92. The Morgan fingerprint density at radius 3 is 2.63 bits per heavy atom. The van der Waals surface area contributed by atoms with E-state index in [1.165, 1.54) is 11.3 Å². The number of rotatable bonds is 5. The molecule has 1 rings (SSSR count). The van der Waals surface area contributed by atoms with Gasteiger partial charge in [0.05, 0.1) is 11.5 Å². The Kier molecular flexibility index (Phi) is 5.02. The van der Waals surface area contributed by atoms with Crippen molar-refractivity contribution in [1.29, 1.82) is 0 Å². The number of carbonyl (C=O) groups is 2. The molecule has 1 atom stereocenters. The minimum Gasteiger partial charge on any atom is -0.359 e. The summed E-state index contributed by atoms with van der Waals surface area (Å²) in [5, 5.41) is 7.66. The summed E-state index contributed by atoms with van der Waals surface area (Å²) >= 11 is 1.35. The standard InChI is InChI=1S/C12H20N4O2S/c1-7(13)10-16-8(5-19-10)9(17)15-6-12(2,3)11(18)14-4/h5,7H,6,13H2,1-4H3,(H,14,18)(H,15,17). The highest BCUT2D eigenvalue weighted by molar-refractivity contribution is 7.09. The van der Waals surface area contributed by atoms with Gasteiger partial charge < -0.3 is 16.4 Å². The van der Waals surface area contributed by atoms with Gasteiger partial charge in [0.25, 0.3) is 5.91 Å². The molecule has 6 nitrogen and oxygen atoms in total. The lowest BCUT2D eigenvalue weighted by Gasteiger charge is -2.22. The molecule has 1 unspecified atom stereocenters. The highest BCUT2D eigenvalue weighted by Crippen LogP contribution is 2.17. The summed E-state index contributed by atoms with van der Waals surface area (Å²) in [6.45, 7) is 5.59. The van der Waals surface area contributed by atoms with Crippen LogP contribution in [-0.2, 0) is 4.79 Å². The highest BCUT2D eigenvalue weighted by Gasteiger charge is 2.27. The van der Waals surface area contributed by atoms with Crippen LogP contribution in [0.2, 0.25) is 0 Å². The fourth-order valence-electron chi connectivity index (χ4n) is 1.41. The van der Waals surface area contributed by atoms with Gasteiger partial charge in [-0.05, 0) is 20.8 Å². The fraction of sp³-hybridized carbons (Fsp3) is 0.583. The largest absolute Gasteiger partial charge is 0.359 e. The van der Waals surface area contributed by atoms with Crippen LogP contribution in [-0.4, -0.2) is 30.4 Å². The quantitative estimate of drug-likeness (QED) is 0.740. The molecule has 106 valence electrons. The van der Waals surface area contributed by atoms with Crippen LogP contribution >= 0.6 is 11.3 Å².